The fraction of sp³-hybridized carbons (Fsp3) is 0.632. The summed E-state index contributed by atoms with van der Waals surface area (Å²) in [7, 11) is -1.86. The van der Waals surface area contributed by atoms with E-state index >= 15 is 0 Å². The van der Waals surface area contributed by atoms with Crippen molar-refractivity contribution in [3.05, 3.63) is 28.2 Å². The number of halogens is 1. The van der Waals surface area contributed by atoms with Gasteiger partial charge in [0.15, 0.2) is 8.32 Å². The normalized spacial score (nSPS) is 18.7. The molecule has 5 nitrogen and oxygen atoms in total. The van der Waals surface area contributed by atoms with E-state index in [4.69, 9.17) is 9.16 Å². The van der Waals surface area contributed by atoms with Crippen LogP contribution in [0.15, 0.2) is 22.7 Å². The molecule has 1 saturated heterocycles. The van der Waals surface area contributed by atoms with Gasteiger partial charge in [-0.25, -0.2) is 4.79 Å². The van der Waals surface area contributed by atoms with Crippen LogP contribution in [-0.4, -0.2) is 45.0 Å². The first-order valence-electron chi connectivity index (χ1n) is 9.09. The van der Waals surface area contributed by atoms with E-state index in [1.165, 1.54) is 0 Å². The van der Waals surface area contributed by atoms with Crippen LogP contribution in [0.2, 0.25) is 18.1 Å². The second-order valence-corrected chi connectivity index (χ2v) is 14.1. The molecule has 1 aliphatic heterocycles. The summed E-state index contributed by atoms with van der Waals surface area (Å²) in [5.41, 5.74) is 1.79. The van der Waals surface area contributed by atoms with E-state index in [1.807, 2.05) is 25.1 Å². The van der Waals surface area contributed by atoms with Gasteiger partial charge in [-0.2, -0.15) is 0 Å². The van der Waals surface area contributed by atoms with Gasteiger partial charge < -0.3 is 19.4 Å². The Kier molecular flexibility index (Phi) is 6.93. The molecule has 0 saturated carbocycles. The molecule has 1 N–H and O–H groups in total. The van der Waals surface area contributed by atoms with E-state index in [0.29, 0.717) is 26.3 Å². The number of urea groups is 1. The fourth-order valence-corrected chi connectivity index (χ4v) is 3.77. The second kappa shape index (κ2) is 8.42. The Bertz CT molecular complexity index is 646. The van der Waals surface area contributed by atoms with E-state index in [2.05, 4.69) is 55.1 Å². The van der Waals surface area contributed by atoms with Crippen molar-refractivity contribution in [2.45, 2.75) is 58.5 Å². The molecule has 0 radical (unpaired) electrons. The zero-order valence-electron chi connectivity index (χ0n) is 16.7. The third-order valence-electron chi connectivity index (χ3n) is 5.24. The van der Waals surface area contributed by atoms with Gasteiger partial charge in [0, 0.05) is 28.8 Å². The summed E-state index contributed by atoms with van der Waals surface area (Å²) in [6.07, 6.45) is 0.0680. The average molecular weight is 443 g/mol. The topological polar surface area (TPSA) is 50.8 Å². The molecule has 2 amide bonds. The Labute approximate surface area is 166 Å². The Hall–Kier alpha value is -0.893. The minimum Gasteiger partial charge on any atom is -0.412 e. The van der Waals surface area contributed by atoms with Crippen LogP contribution in [0.3, 0.4) is 0 Å². The number of amides is 2. The molecule has 146 valence electrons. The van der Waals surface area contributed by atoms with Crippen molar-refractivity contribution < 1.29 is 14.0 Å². The molecule has 0 spiro atoms. The molecular formula is C19H31BrN2O3Si. The van der Waals surface area contributed by atoms with Crippen molar-refractivity contribution in [1.82, 2.24) is 4.90 Å². The number of nitrogens with one attached hydrogen (secondary N) is 1. The minimum absolute atomic E-state index is 0.0680. The zero-order valence-corrected chi connectivity index (χ0v) is 19.3. The number of carbonyl (C=O) groups is 1. The first-order valence-corrected chi connectivity index (χ1v) is 12.8. The van der Waals surface area contributed by atoms with Crippen molar-refractivity contribution in [2.75, 3.05) is 25.0 Å². The van der Waals surface area contributed by atoms with Gasteiger partial charge in [0.25, 0.3) is 0 Å². The van der Waals surface area contributed by atoms with Crippen molar-refractivity contribution in [3.8, 4) is 0 Å². The lowest BCUT2D eigenvalue weighted by Crippen LogP contribution is -2.46. The highest BCUT2D eigenvalue weighted by molar-refractivity contribution is 9.10. The van der Waals surface area contributed by atoms with E-state index < -0.39 is 8.32 Å². The number of ether oxygens (including phenoxy) is 1. The van der Waals surface area contributed by atoms with Gasteiger partial charge in [0.05, 0.1) is 19.3 Å². The summed E-state index contributed by atoms with van der Waals surface area (Å²) < 4.78 is 12.8. The van der Waals surface area contributed by atoms with E-state index in [9.17, 15) is 4.79 Å². The number of rotatable bonds is 4. The Morgan fingerprint density at radius 3 is 2.73 bits per heavy atom. The van der Waals surface area contributed by atoms with E-state index in [1.54, 1.807) is 4.90 Å². The lowest BCUT2D eigenvalue weighted by atomic mass is 10.2. The van der Waals surface area contributed by atoms with Crippen LogP contribution in [0, 0.1) is 0 Å². The molecule has 7 heteroatoms. The summed E-state index contributed by atoms with van der Waals surface area (Å²) in [6, 6.07) is 5.84. The van der Waals surface area contributed by atoms with Crippen LogP contribution in [0.1, 0.15) is 33.3 Å². The van der Waals surface area contributed by atoms with Gasteiger partial charge >= 0.3 is 6.03 Å². The van der Waals surface area contributed by atoms with Gasteiger partial charge in [-0.15, -0.1) is 0 Å². The van der Waals surface area contributed by atoms with Crippen LogP contribution in [0.4, 0.5) is 10.5 Å². The maximum Gasteiger partial charge on any atom is 0.322 e. The van der Waals surface area contributed by atoms with Gasteiger partial charge in [-0.05, 0) is 37.2 Å². The molecule has 2 rings (SSSR count). The van der Waals surface area contributed by atoms with Crippen molar-refractivity contribution in [1.29, 1.82) is 0 Å². The molecule has 1 aromatic rings. The third kappa shape index (κ3) is 5.55. The molecule has 1 aliphatic rings. The van der Waals surface area contributed by atoms with Crippen LogP contribution in [0.25, 0.3) is 0 Å². The molecule has 0 bridgehead atoms. The Morgan fingerprint density at radius 2 is 2.12 bits per heavy atom. The monoisotopic (exact) mass is 442 g/mol. The number of anilines is 1. The van der Waals surface area contributed by atoms with E-state index in [0.717, 1.165) is 15.7 Å². The first-order chi connectivity index (χ1) is 12.0. The summed E-state index contributed by atoms with van der Waals surface area (Å²) in [6.45, 7) is 15.4. The summed E-state index contributed by atoms with van der Waals surface area (Å²) >= 11 is 3.50. The standard InChI is InChI=1S/C19H31BrN2O3Si/c1-14-12-22(9-10-24-14)18(23)21-17-11-16(20)8-7-15(17)13-25-26(5,6)19(2,3)4/h7-8,11,14H,9-10,12-13H2,1-6H3,(H,21,23)/t14-/m0/s1. The van der Waals surface area contributed by atoms with Crippen molar-refractivity contribution >= 4 is 36.0 Å². The van der Waals surface area contributed by atoms with Crippen LogP contribution in [-0.2, 0) is 15.8 Å². The number of carbonyl (C=O) groups excluding carboxylic acids is 1. The number of morpholine rings is 1. The molecule has 1 fully saturated rings. The molecule has 0 aromatic heterocycles. The highest BCUT2D eigenvalue weighted by Crippen LogP contribution is 2.37. The summed E-state index contributed by atoms with van der Waals surface area (Å²) in [4.78, 5) is 14.4. The third-order valence-corrected chi connectivity index (χ3v) is 10.2. The molecule has 0 aliphatic carbocycles. The highest BCUT2D eigenvalue weighted by Gasteiger charge is 2.37. The van der Waals surface area contributed by atoms with Crippen molar-refractivity contribution in [2.24, 2.45) is 0 Å². The van der Waals surface area contributed by atoms with Crippen molar-refractivity contribution in [3.63, 3.8) is 0 Å². The van der Waals surface area contributed by atoms with Gasteiger partial charge in [-0.1, -0.05) is 42.8 Å². The number of hydrogen-bond donors (Lipinski definition) is 1. The number of nitrogens with zero attached hydrogens (tertiary/aromatic N) is 1. The quantitative estimate of drug-likeness (QED) is 0.649. The maximum atomic E-state index is 12.6. The smallest absolute Gasteiger partial charge is 0.322 e. The second-order valence-electron chi connectivity index (χ2n) is 8.41. The first kappa shape index (κ1) is 21.4. The summed E-state index contributed by atoms with van der Waals surface area (Å²) in [5.74, 6) is 0. The molecule has 1 atom stereocenters. The lowest BCUT2D eigenvalue weighted by molar-refractivity contribution is -0.00139. The Balaban J connectivity index is 2.11. The predicted octanol–water partition coefficient (Wildman–Crippen LogP) is 5.22. The maximum absolute atomic E-state index is 12.6. The van der Waals surface area contributed by atoms with Gasteiger partial charge in [-0.3, -0.25) is 0 Å². The zero-order chi connectivity index (χ0) is 19.5. The number of hydrogen-bond acceptors (Lipinski definition) is 3. The SMILES string of the molecule is C[C@H]1CN(C(=O)Nc2cc(Br)ccc2CO[Si](C)(C)C(C)(C)C)CCO1. The molecule has 0 unspecified atom stereocenters. The Morgan fingerprint density at radius 1 is 1.42 bits per heavy atom. The molecule has 26 heavy (non-hydrogen) atoms. The fourth-order valence-electron chi connectivity index (χ4n) is 2.46. The van der Waals surface area contributed by atoms with Crippen LogP contribution < -0.4 is 5.32 Å². The predicted molar refractivity (Wildman–Crippen MR) is 112 cm³/mol. The lowest BCUT2D eigenvalue weighted by Gasteiger charge is -2.36. The summed E-state index contributed by atoms with van der Waals surface area (Å²) in [5, 5.41) is 3.20. The van der Waals surface area contributed by atoms with Crippen LogP contribution >= 0.6 is 15.9 Å². The number of benzene rings is 1. The molecule has 1 aromatic carbocycles. The van der Waals surface area contributed by atoms with Gasteiger partial charge in [0.2, 0.25) is 0 Å². The largest absolute Gasteiger partial charge is 0.412 e. The molecular weight excluding hydrogens is 412 g/mol. The van der Waals surface area contributed by atoms with Crippen LogP contribution in [0.5, 0.6) is 0 Å². The van der Waals surface area contributed by atoms with Gasteiger partial charge in [0.1, 0.15) is 0 Å². The minimum atomic E-state index is -1.86. The molecule has 1 heterocycles. The van der Waals surface area contributed by atoms with E-state index in [-0.39, 0.29) is 17.2 Å². The average Bonchev–Trinajstić information content (AvgIpc) is 2.53. The highest BCUT2D eigenvalue weighted by atomic mass is 79.9.